The van der Waals surface area contributed by atoms with Crippen LogP contribution in [0, 0.1) is 0 Å². The van der Waals surface area contributed by atoms with Crippen molar-refractivity contribution < 1.29 is 14.7 Å². The molecule has 0 saturated heterocycles. The van der Waals surface area contributed by atoms with Crippen molar-refractivity contribution in [2.24, 2.45) is 0 Å². The molecule has 4 aromatic rings. The summed E-state index contributed by atoms with van der Waals surface area (Å²) in [6, 6.07) is 21.8. The van der Waals surface area contributed by atoms with E-state index in [-0.39, 0.29) is 11.7 Å². The van der Waals surface area contributed by atoms with Gasteiger partial charge in [0.1, 0.15) is 5.01 Å². The molecule has 32 heavy (non-hydrogen) atoms. The molecule has 0 saturated carbocycles. The van der Waals surface area contributed by atoms with Gasteiger partial charge in [0.25, 0.3) is 5.91 Å². The van der Waals surface area contributed by atoms with E-state index in [0.717, 1.165) is 25.7 Å². The monoisotopic (exact) mass is 480 g/mol. The molecule has 0 aliphatic carbocycles. The molecular weight excluding hydrogens is 464 g/mol. The van der Waals surface area contributed by atoms with Gasteiger partial charge in [0.15, 0.2) is 0 Å². The summed E-state index contributed by atoms with van der Waals surface area (Å²) in [4.78, 5) is 29.1. The molecule has 0 aliphatic rings. The zero-order valence-electron chi connectivity index (χ0n) is 16.6. The van der Waals surface area contributed by atoms with Gasteiger partial charge in [0.05, 0.1) is 16.0 Å². The van der Waals surface area contributed by atoms with Gasteiger partial charge in [-0.25, -0.2) is 4.98 Å². The van der Waals surface area contributed by atoms with E-state index in [1.165, 1.54) is 23.1 Å². The lowest BCUT2D eigenvalue weighted by Gasteiger charge is -2.07. The molecular formula is C24H17ClN2O3S2. The lowest BCUT2D eigenvalue weighted by Crippen LogP contribution is -2.11. The van der Waals surface area contributed by atoms with Crippen LogP contribution in [-0.4, -0.2) is 27.7 Å². The number of carbonyl (C=O) groups excluding carboxylic acids is 1. The van der Waals surface area contributed by atoms with Gasteiger partial charge in [0.2, 0.25) is 0 Å². The molecule has 160 valence electrons. The van der Waals surface area contributed by atoms with Crippen LogP contribution in [0.2, 0.25) is 5.02 Å². The third-order valence-corrected chi connectivity index (χ3v) is 6.87. The van der Waals surface area contributed by atoms with Crippen LogP contribution in [0.5, 0.6) is 0 Å². The number of rotatable bonds is 7. The molecule has 1 amide bonds. The molecule has 8 heteroatoms. The number of nitrogens with zero attached hydrogens (tertiary/aromatic N) is 1. The lowest BCUT2D eigenvalue weighted by molar-refractivity contribution is -0.133. The quantitative estimate of drug-likeness (QED) is 0.315. The Labute approximate surface area is 197 Å². The van der Waals surface area contributed by atoms with Crippen molar-refractivity contribution in [1.82, 2.24) is 4.98 Å². The second-order valence-corrected chi connectivity index (χ2v) is 9.25. The van der Waals surface area contributed by atoms with Crippen LogP contribution in [0.15, 0.2) is 72.8 Å². The van der Waals surface area contributed by atoms with Crippen LogP contribution < -0.4 is 5.32 Å². The Morgan fingerprint density at radius 2 is 1.84 bits per heavy atom. The molecule has 0 atom stereocenters. The van der Waals surface area contributed by atoms with E-state index < -0.39 is 5.97 Å². The summed E-state index contributed by atoms with van der Waals surface area (Å²) in [5.74, 6) is -1.21. The number of para-hydroxylation sites is 1. The molecule has 1 aromatic heterocycles. The molecule has 2 N–H and O–H groups in total. The van der Waals surface area contributed by atoms with E-state index in [1.54, 1.807) is 30.3 Å². The van der Waals surface area contributed by atoms with E-state index >= 15 is 0 Å². The first-order valence-electron chi connectivity index (χ1n) is 9.57. The molecule has 4 rings (SSSR count). The molecule has 0 aliphatic heterocycles. The Kier molecular flexibility index (Phi) is 6.90. The third kappa shape index (κ3) is 5.56. The number of hydrogen-bond donors (Lipinski definition) is 2. The Bertz CT molecular complexity index is 1280. The molecule has 1 heterocycles. The highest BCUT2D eigenvalue weighted by molar-refractivity contribution is 8.09. The van der Waals surface area contributed by atoms with Crippen LogP contribution in [0.3, 0.4) is 0 Å². The fourth-order valence-corrected chi connectivity index (χ4v) is 4.92. The minimum absolute atomic E-state index is 0.0747. The summed E-state index contributed by atoms with van der Waals surface area (Å²) < 4.78 is 1.04. The number of hydrogen-bond acceptors (Lipinski definition) is 5. The number of carbonyl (C=O) groups is 2. The molecule has 0 spiro atoms. The van der Waals surface area contributed by atoms with Crippen molar-refractivity contribution in [3.05, 3.63) is 94.0 Å². The smallest absolute Gasteiger partial charge is 0.313 e. The van der Waals surface area contributed by atoms with Gasteiger partial charge >= 0.3 is 5.97 Å². The Hall–Kier alpha value is -3.13. The standard InChI is InChI=1S/C24H17ClN2O3S2/c25-17-10-8-16(9-11-17)23(30)26-18-5-3-4-15(12-18)13-21(31-14-22(28)29)24-27-19-6-1-2-7-20(19)32-24/h1-13H,14H2,(H,26,30)(H,28,29)/b21-13-. The van der Waals surface area contributed by atoms with Crippen LogP contribution in [0.4, 0.5) is 5.69 Å². The maximum Gasteiger partial charge on any atom is 0.313 e. The van der Waals surface area contributed by atoms with E-state index in [2.05, 4.69) is 10.3 Å². The summed E-state index contributed by atoms with van der Waals surface area (Å²) in [7, 11) is 0. The normalized spacial score (nSPS) is 11.5. The highest BCUT2D eigenvalue weighted by atomic mass is 35.5. The number of amides is 1. The Balaban J connectivity index is 1.61. The predicted molar refractivity (Wildman–Crippen MR) is 133 cm³/mol. The molecule has 5 nitrogen and oxygen atoms in total. The Morgan fingerprint density at radius 1 is 1.06 bits per heavy atom. The van der Waals surface area contributed by atoms with Crippen molar-refractivity contribution in [3.8, 4) is 0 Å². The Morgan fingerprint density at radius 3 is 2.59 bits per heavy atom. The largest absolute Gasteiger partial charge is 0.481 e. The number of anilines is 1. The van der Waals surface area contributed by atoms with Gasteiger partial charge in [-0.2, -0.15) is 0 Å². The summed E-state index contributed by atoms with van der Waals surface area (Å²) in [6.07, 6.45) is 1.89. The van der Waals surface area contributed by atoms with Crippen molar-refractivity contribution in [2.75, 3.05) is 11.1 Å². The van der Waals surface area contributed by atoms with Crippen molar-refractivity contribution in [2.45, 2.75) is 0 Å². The van der Waals surface area contributed by atoms with Crippen LogP contribution in [0.25, 0.3) is 21.2 Å². The number of carboxylic acid groups (broad SMARTS) is 1. The minimum Gasteiger partial charge on any atom is -0.481 e. The maximum absolute atomic E-state index is 12.5. The zero-order chi connectivity index (χ0) is 22.5. The number of thioether (sulfide) groups is 1. The fourth-order valence-electron chi connectivity index (χ4n) is 2.94. The number of fused-ring (bicyclic) bond motifs is 1. The SMILES string of the molecule is O=C(O)CS/C(=C\c1cccc(NC(=O)c2ccc(Cl)cc2)c1)c1nc2ccccc2s1. The first-order chi connectivity index (χ1) is 15.5. The van der Waals surface area contributed by atoms with Crippen molar-refractivity contribution in [3.63, 3.8) is 0 Å². The number of aliphatic carboxylic acids is 1. The van der Waals surface area contributed by atoms with Crippen molar-refractivity contribution in [1.29, 1.82) is 0 Å². The molecule has 0 unspecified atom stereocenters. The molecule has 0 radical (unpaired) electrons. The van der Waals surface area contributed by atoms with Gasteiger partial charge in [-0.1, -0.05) is 35.9 Å². The number of aromatic nitrogens is 1. The maximum atomic E-state index is 12.5. The summed E-state index contributed by atoms with van der Waals surface area (Å²) in [5.41, 5.74) is 2.83. The number of nitrogens with one attached hydrogen (secondary N) is 1. The summed E-state index contributed by atoms with van der Waals surface area (Å²) >= 11 is 8.62. The van der Waals surface area contributed by atoms with E-state index in [9.17, 15) is 9.59 Å². The van der Waals surface area contributed by atoms with Gasteiger partial charge in [-0.05, 0) is 60.2 Å². The van der Waals surface area contributed by atoms with Gasteiger partial charge in [-0.3, -0.25) is 9.59 Å². The van der Waals surface area contributed by atoms with E-state index in [1.807, 2.05) is 48.5 Å². The molecule has 3 aromatic carbocycles. The van der Waals surface area contributed by atoms with Crippen molar-refractivity contribution >= 4 is 73.5 Å². The first-order valence-corrected chi connectivity index (χ1v) is 11.8. The fraction of sp³-hybridized carbons (Fsp3) is 0.0417. The first kappa shape index (κ1) is 22.1. The van der Waals surface area contributed by atoms with E-state index in [4.69, 9.17) is 16.7 Å². The average molecular weight is 481 g/mol. The summed E-state index contributed by atoms with van der Waals surface area (Å²) in [6.45, 7) is 0. The van der Waals surface area contributed by atoms with Gasteiger partial charge < -0.3 is 10.4 Å². The van der Waals surface area contributed by atoms with Crippen LogP contribution >= 0.6 is 34.7 Å². The second-order valence-electron chi connectivity index (χ2n) is 6.76. The number of thiazole rings is 1. The average Bonchev–Trinajstić information content (AvgIpc) is 3.21. The third-order valence-electron chi connectivity index (χ3n) is 4.40. The van der Waals surface area contributed by atoms with E-state index in [0.29, 0.717) is 16.3 Å². The predicted octanol–water partition coefficient (Wildman–Crippen LogP) is 6.52. The number of halogens is 1. The van der Waals surface area contributed by atoms with Gasteiger partial charge in [-0.15, -0.1) is 23.1 Å². The highest BCUT2D eigenvalue weighted by Gasteiger charge is 2.12. The highest BCUT2D eigenvalue weighted by Crippen LogP contribution is 2.35. The summed E-state index contributed by atoms with van der Waals surface area (Å²) in [5, 5.41) is 13.4. The topological polar surface area (TPSA) is 79.3 Å². The minimum atomic E-state index is -0.897. The van der Waals surface area contributed by atoms with Gasteiger partial charge in [0, 0.05) is 21.2 Å². The number of benzene rings is 3. The number of carboxylic acids is 1. The lowest BCUT2D eigenvalue weighted by atomic mass is 10.1. The molecule has 0 bridgehead atoms. The van der Waals surface area contributed by atoms with Crippen LogP contribution in [0.1, 0.15) is 20.9 Å². The van der Waals surface area contributed by atoms with Crippen LogP contribution in [-0.2, 0) is 4.79 Å². The molecule has 0 fully saturated rings. The second kappa shape index (κ2) is 9.99. The zero-order valence-corrected chi connectivity index (χ0v) is 19.0.